The molecule has 0 aliphatic rings. The topological polar surface area (TPSA) is 38.3 Å². The van der Waals surface area contributed by atoms with E-state index >= 15 is 0 Å². The van der Waals surface area contributed by atoms with E-state index in [1.807, 2.05) is 5.32 Å². The maximum absolute atomic E-state index is 11.9. The number of halogens is 4. The molecule has 0 bridgehead atoms. The standard InChI is InChI=1S/C11H11BrF3NO2/c1-18-9-3-2-7(6-8(9)12)4-5-16-10(17)11(13,14)15/h2-3,6H,4-5H2,1H3,(H,16,17). The molecule has 0 aliphatic carbocycles. The molecule has 0 aliphatic heterocycles. The minimum atomic E-state index is -4.83. The molecule has 0 heterocycles. The van der Waals surface area contributed by atoms with E-state index in [4.69, 9.17) is 4.74 Å². The van der Waals surface area contributed by atoms with Crippen LogP contribution < -0.4 is 10.1 Å². The van der Waals surface area contributed by atoms with Gasteiger partial charge in [-0.3, -0.25) is 4.79 Å². The Balaban J connectivity index is 2.50. The molecule has 1 rings (SSSR count). The van der Waals surface area contributed by atoms with Crippen molar-refractivity contribution >= 4 is 21.8 Å². The number of methoxy groups -OCH3 is 1. The predicted molar refractivity (Wildman–Crippen MR) is 63.5 cm³/mol. The zero-order valence-corrected chi connectivity index (χ0v) is 11.1. The molecule has 0 unspecified atom stereocenters. The second kappa shape index (κ2) is 6.08. The number of ether oxygens (including phenoxy) is 1. The Labute approximate surface area is 110 Å². The van der Waals surface area contributed by atoms with E-state index < -0.39 is 12.1 Å². The molecule has 0 fully saturated rings. The number of rotatable bonds is 4. The fraction of sp³-hybridized carbons (Fsp3) is 0.364. The molecule has 0 spiro atoms. The van der Waals surface area contributed by atoms with Crippen LogP contribution in [0.1, 0.15) is 5.56 Å². The number of hydrogen-bond donors (Lipinski definition) is 1. The maximum Gasteiger partial charge on any atom is 0.471 e. The number of carbonyl (C=O) groups is 1. The van der Waals surface area contributed by atoms with Gasteiger partial charge in [0.05, 0.1) is 11.6 Å². The molecule has 1 amide bonds. The largest absolute Gasteiger partial charge is 0.496 e. The lowest BCUT2D eigenvalue weighted by molar-refractivity contribution is -0.173. The average molecular weight is 326 g/mol. The number of hydrogen-bond acceptors (Lipinski definition) is 2. The van der Waals surface area contributed by atoms with Crippen molar-refractivity contribution < 1.29 is 22.7 Å². The highest BCUT2D eigenvalue weighted by molar-refractivity contribution is 9.10. The molecule has 18 heavy (non-hydrogen) atoms. The summed E-state index contributed by atoms with van der Waals surface area (Å²) in [5.41, 5.74) is 0.796. The normalized spacial score (nSPS) is 11.2. The van der Waals surface area contributed by atoms with Crippen molar-refractivity contribution in [2.45, 2.75) is 12.6 Å². The number of amides is 1. The van der Waals surface area contributed by atoms with Crippen molar-refractivity contribution in [3.8, 4) is 5.75 Å². The molecular formula is C11H11BrF3NO2. The first-order chi connectivity index (χ1) is 8.34. The van der Waals surface area contributed by atoms with Gasteiger partial charge in [0.2, 0.25) is 0 Å². The highest BCUT2D eigenvalue weighted by Crippen LogP contribution is 2.25. The van der Waals surface area contributed by atoms with E-state index in [1.165, 1.54) is 7.11 Å². The van der Waals surface area contributed by atoms with E-state index in [-0.39, 0.29) is 6.54 Å². The van der Waals surface area contributed by atoms with Gasteiger partial charge in [-0.2, -0.15) is 13.2 Å². The quantitative estimate of drug-likeness (QED) is 0.924. The van der Waals surface area contributed by atoms with Crippen LogP contribution in [0.4, 0.5) is 13.2 Å². The third-order valence-electron chi connectivity index (χ3n) is 2.17. The average Bonchev–Trinajstić information content (AvgIpc) is 2.28. The van der Waals surface area contributed by atoms with Crippen LogP contribution in [-0.2, 0) is 11.2 Å². The molecule has 1 aromatic rings. The zero-order valence-electron chi connectivity index (χ0n) is 9.47. The summed E-state index contributed by atoms with van der Waals surface area (Å²) in [6, 6.07) is 5.16. The first-order valence-corrected chi connectivity index (χ1v) is 5.81. The summed E-state index contributed by atoms with van der Waals surface area (Å²) in [6.07, 6.45) is -4.52. The summed E-state index contributed by atoms with van der Waals surface area (Å²) in [5, 5.41) is 1.81. The molecule has 0 saturated carbocycles. The van der Waals surface area contributed by atoms with Gasteiger partial charge in [0.25, 0.3) is 0 Å². The molecule has 1 N–H and O–H groups in total. The van der Waals surface area contributed by atoms with Crippen LogP contribution in [0.2, 0.25) is 0 Å². The molecular weight excluding hydrogens is 315 g/mol. The summed E-state index contributed by atoms with van der Waals surface area (Å²) >= 11 is 3.27. The van der Waals surface area contributed by atoms with E-state index in [1.54, 1.807) is 18.2 Å². The first kappa shape index (κ1) is 14.8. The van der Waals surface area contributed by atoms with E-state index in [2.05, 4.69) is 15.9 Å². The summed E-state index contributed by atoms with van der Waals surface area (Å²) in [7, 11) is 1.52. The Kier molecular flexibility index (Phi) is 5.01. The van der Waals surface area contributed by atoms with Crippen LogP contribution in [0, 0.1) is 0 Å². The predicted octanol–water partition coefficient (Wildman–Crippen LogP) is 2.68. The highest BCUT2D eigenvalue weighted by Gasteiger charge is 2.38. The molecule has 0 aromatic heterocycles. The van der Waals surface area contributed by atoms with Gasteiger partial charge < -0.3 is 10.1 Å². The number of carbonyl (C=O) groups excluding carboxylic acids is 1. The second-order valence-electron chi connectivity index (χ2n) is 3.47. The molecule has 7 heteroatoms. The van der Waals surface area contributed by atoms with Crippen LogP contribution in [0.15, 0.2) is 22.7 Å². The van der Waals surface area contributed by atoms with Crippen LogP contribution >= 0.6 is 15.9 Å². The van der Waals surface area contributed by atoms with Crippen LogP contribution in [0.5, 0.6) is 5.75 Å². The Hall–Kier alpha value is -1.24. The molecule has 0 atom stereocenters. The lowest BCUT2D eigenvalue weighted by Gasteiger charge is -2.09. The van der Waals surface area contributed by atoms with Crippen LogP contribution in [-0.4, -0.2) is 25.7 Å². The van der Waals surface area contributed by atoms with Crippen molar-refractivity contribution in [3.05, 3.63) is 28.2 Å². The van der Waals surface area contributed by atoms with Gasteiger partial charge in [0, 0.05) is 6.54 Å². The summed E-state index contributed by atoms with van der Waals surface area (Å²) < 4.78 is 41.4. The zero-order chi connectivity index (χ0) is 13.8. The van der Waals surface area contributed by atoms with Crippen molar-refractivity contribution in [2.75, 3.05) is 13.7 Å². The molecule has 0 radical (unpaired) electrons. The van der Waals surface area contributed by atoms with Gasteiger partial charge >= 0.3 is 12.1 Å². The second-order valence-corrected chi connectivity index (χ2v) is 4.33. The minimum Gasteiger partial charge on any atom is -0.496 e. The minimum absolute atomic E-state index is 0.0723. The first-order valence-electron chi connectivity index (χ1n) is 5.02. The third kappa shape index (κ3) is 4.21. The lowest BCUT2D eigenvalue weighted by atomic mass is 10.1. The summed E-state index contributed by atoms with van der Waals surface area (Å²) in [5.74, 6) is -1.28. The summed E-state index contributed by atoms with van der Waals surface area (Å²) in [4.78, 5) is 10.6. The third-order valence-corrected chi connectivity index (χ3v) is 2.79. The van der Waals surface area contributed by atoms with Crippen molar-refractivity contribution in [3.63, 3.8) is 0 Å². The number of nitrogens with one attached hydrogen (secondary N) is 1. The fourth-order valence-electron chi connectivity index (χ4n) is 1.29. The fourth-order valence-corrected chi connectivity index (χ4v) is 1.87. The van der Waals surface area contributed by atoms with E-state index in [0.29, 0.717) is 16.6 Å². The molecule has 100 valence electrons. The van der Waals surface area contributed by atoms with Crippen LogP contribution in [0.3, 0.4) is 0 Å². The Bertz CT molecular complexity index is 435. The van der Waals surface area contributed by atoms with Crippen molar-refractivity contribution in [1.29, 1.82) is 0 Å². The van der Waals surface area contributed by atoms with Gasteiger partial charge in [-0.15, -0.1) is 0 Å². The Morgan fingerprint density at radius 2 is 2.11 bits per heavy atom. The molecule has 0 saturated heterocycles. The van der Waals surface area contributed by atoms with E-state index in [9.17, 15) is 18.0 Å². The number of alkyl halides is 3. The Morgan fingerprint density at radius 3 is 2.61 bits per heavy atom. The lowest BCUT2D eigenvalue weighted by Crippen LogP contribution is -2.37. The Morgan fingerprint density at radius 1 is 1.44 bits per heavy atom. The van der Waals surface area contributed by atoms with E-state index in [0.717, 1.165) is 5.56 Å². The maximum atomic E-state index is 11.9. The van der Waals surface area contributed by atoms with Crippen molar-refractivity contribution in [1.82, 2.24) is 5.32 Å². The van der Waals surface area contributed by atoms with Gasteiger partial charge in [-0.05, 0) is 40.0 Å². The highest BCUT2D eigenvalue weighted by atomic mass is 79.9. The molecule has 3 nitrogen and oxygen atoms in total. The van der Waals surface area contributed by atoms with Crippen LogP contribution in [0.25, 0.3) is 0 Å². The van der Waals surface area contributed by atoms with Gasteiger partial charge in [0.15, 0.2) is 0 Å². The summed E-state index contributed by atoms with van der Waals surface area (Å²) in [6.45, 7) is -0.0723. The molecule has 1 aromatic carbocycles. The smallest absolute Gasteiger partial charge is 0.471 e. The van der Waals surface area contributed by atoms with Crippen molar-refractivity contribution in [2.24, 2.45) is 0 Å². The van der Waals surface area contributed by atoms with Gasteiger partial charge in [-0.1, -0.05) is 6.07 Å². The van der Waals surface area contributed by atoms with Gasteiger partial charge in [0.1, 0.15) is 5.75 Å². The van der Waals surface area contributed by atoms with Gasteiger partial charge in [-0.25, -0.2) is 0 Å². The SMILES string of the molecule is COc1ccc(CCNC(=O)C(F)(F)F)cc1Br. The number of benzene rings is 1. The monoisotopic (exact) mass is 325 g/mol.